The van der Waals surface area contributed by atoms with Gasteiger partial charge < -0.3 is 16.0 Å². The van der Waals surface area contributed by atoms with Crippen molar-refractivity contribution in [2.75, 3.05) is 20.1 Å². The van der Waals surface area contributed by atoms with Gasteiger partial charge >= 0.3 is 0 Å². The maximum atomic E-state index is 11.4. The zero-order chi connectivity index (χ0) is 12.1. The molecule has 0 aromatic rings. The van der Waals surface area contributed by atoms with E-state index in [1.165, 1.54) is 0 Å². The van der Waals surface area contributed by atoms with Crippen LogP contribution in [0.3, 0.4) is 0 Å². The van der Waals surface area contributed by atoms with E-state index in [1.54, 1.807) is 13.8 Å². The molecule has 4 nitrogen and oxygen atoms in total. The number of nitrogens with zero attached hydrogens (tertiary/aromatic N) is 1. The van der Waals surface area contributed by atoms with Crippen molar-refractivity contribution < 1.29 is 4.79 Å². The van der Waals surface area contributed by atoms with Gasteiger partial charge in [0, 0.05) is 19.1 Å². The molecule has 0 aromatic heterocycles. The standard InChI is InChI=1S/C11H25N3O/c1-6-9(2)14(5)8-7-13-10(15)11(3,4)12/h9H,6-8,12H2,1-5H3,(H,13,15). The molecule has 3 N–H and O–H groups in total. The largest absolute Gasteiger partial charge is 0.353 e. The SMILES string of the molecule is CCC(C)N(C)CCNC(=O)C(C)(C)N. The van der Waals surface area contributed by atoms with E-state index in [2.05, 4.69) is 31.1 Å². The number of hydrogen-bond donors (Lipinski definition) is 2. The highest BCUT2D eigenvalue weighted by atomic mass is 16.2. The van der Waals surface area contributed by atoms with E-state index >= 15 is 0 Å². The lowest BCUT2D eigenvalue weighted by Gasteiger charge is -2.24. The van der Waals surface area contributed by atoms with Gasteiger partial charge in [-0.05, 0) is 34.2 Å². The van der Waals surface area contributed by atoms with Crippen LogP contribution in [0.15, 0.2) is 0 Å². The van der Waals surface area contributed by atoms with Crippen molar-refractivity contribution in [2.24, 2.45) is 5.73 Å². The van der Waals surface area contributed by atoms with E-state index in [0.29, 0.717) is 12.6 Å². The summed E-state index contributed by atoms with van der Waals surface area (Å²) in [4.78, 5) is 13.7. The van der Waals surface area contributed by atoms with E-state index in [9.17, 15) is 4.79 Å². The third-order valence-corrected chi connectivity index (χ3v) is 2.68. The fourth-order valence-electron chi connectivity index (χ4n) is 1.11. The second-order valence-corrected chi connectivity index (χ2v) is 4.72. The van der Waals surface area contributed by atoms with Crippen LogP contribution in [0, 0.1) is 0 Å². The van der Waals surface area contributed by atoms with E-state index in [0.717, 1.165) is 13.0 Å². The van der Waals surface area contributed by atoms with Crippen LogP contribution in [-0.2, 0) is 4.79 Å². The van der Waals surface area contributed by atoms with Crippen LogP contribution in [0.1, 0.15) is 34.1 Å². The molecule has 0 aliphatic heterocycles. The summed E-state index contributed by atoms with van der Waals surface area (Å²) < 4.78 is 0. The molecule has 1 unspecified atom stereocenters. The van der Waals surface area contributed by atoms with Gasteiger partial charge in [0.05, 0.1) is 5.54 Å². The summed E-state index contributed by atoms with van der Waals surface area (Å²) in [5.74, 6) is -0.0972. The smallest absolute Gasteiger partial charge is 0.239 e. The molecule has 0 radical (unpaired) electrons. The van der Waals surface area contributed by atoms with E-state index in [4.69, 9.17) is 5.73 Å². The first kappa shape index (κ1) is 14.4. The maximum absolute atomic E-state index is 11.4. The van der Waals surface area contributed by atoms with Gasteiger partial charge in [0.25, 0.3) is 0 Å². The lowest BCUT2D eigenvalue weighted by Crippen LogP contribution is -2.50. The Morgan fingerprint density at radius 2 is 2.07 bits per heavy atom. The van der Waals surface area contributed by atoms with Crippen molar-refractivity contribution in [3.05, 3.63) is 0 Å². The number of likely N-dealkylation sites (N-methyl/N-ethyl adjacent to an activating group) is 1. The molecule has 0 saturated heterocycles. The summed E-state index contributed by atoms with van der Waals surface area (Å²) in [7, 11) is 2.06. The summed E-state index contributed by atoms with van der Waals surface area (Å²) in [5, 5.41) is 2.83. The van der Waals surface area contributed by atoms with Crippen molar-refractivity contribution in [2.45, 2.75) is 45.7 Å². The van der Waals surface area contributed by atoms with Crippen LogP contribution in [0.4, 0.5) is 0 Å². The van der Waals surface area contributed by atoms with Crippen LogP contribution >= 0.6 is 0 Å². The molecule has 0 fully saturated rings. The fraction of sp³-hybridized carbons (Fsp3) is 0.909. The predicted octanol–water partition coefficient (Wildman–Crippen LogP) is 0.570. The number of nitrogens with two attached hydrogens (primary N) is 1. The topological polar surface area (TPSA) is 58.4 Å². The monoisotopic (exact) mass is 215 g/mol. The first-order valence-corrected chi connectivity index (χ1v) is 5.56. The Balaban J connectivity index is 3.76. The van der Waals surface area contributed by atoms with E-state index in [-0.39, 0.29) is 5.91 Å². The number of carbonyl (C=O) groups excluding carboxylic acids is 1. The van der Waals surface area contributed by atoms with Crippen LogP contribution < -0.4 is 11.1 Å². The zero-order valence-corrected chi connectivity index (χ0v) is 10.6. The fourth-order valence-corrected chi connectivity index (χ4v) is 1.11. The Bertz CT molecular complexity index is 198. The van der Waals surface area contributed by atoms with Crippen LogP contribution in [0.5, 0.6) is 0 Å². The molecule has 0 rings (SSSR count). The lowest BCUT2D eigenvalue weighted by atomic mass is 10.1. The Kier molecular flexibility index (Phi) is 5.83. The predicted molar refractivity (Wildman–Crippen MR) is 63.7 cm³/mol. The van der Waals surface area contributed by atoms with Gasteiger partial charge in [0.2, 0.25) is 5.91 Å². The van der Waals surface area contributed by atoms with Crippen molar-refractivity contribution in [1.82, 2.24) is 10.2 Å². The van der Waals surface area contributed by atoms with Crippen molar-refractivity contribution in [3.63, 3.8) is 0 Å². The summed E-state index contributed by atoms with van der Waals surface area (Å²) in [6.07, 6.45) is 1.12. The normalized spacial score (nSPS) is 14.1. The highest BCUT2D eigenvalue weighted by molar-refractivity contribution is 5.84. The van der Waals surface area contributed by atoms with Crippen molar-refractivity contribution >= 4 is 5.91 Å². The third kappa shape index (κ3) is 5.74. The summed E-state index contributed by atoms with van der Waals surface area (Å²) >= 11 is 0. The molecule has 1 atom stereocenters. The highest BCUT2D eigenvalue weighted by Crippen LogP contribution is 1.99. The number of rotatable bonds is 6. The summed E-state index contributed by atoms with van der Waals surface area (Å²) in [6, 6.07) is 0.549. The zero-order valence-electron chi connectivity index (χ0n) is 10.6. The summed E-state index contributed by atoms with van der Waals surface area (Å²) in [5.41, 5.74) is 4.87. The molecule has 0 aliphatic rings. The molecular formula is C11H25N3O. The number of carbonyl (C=O) groups is 1. The second kappa shape index (κ2) is 6.08. The Morgan fingerprint density at radius 1 is 1.53 bits per heavy atom. The number of nitrogens with one attached hydrogen (secondary N) is 1. The molecule has 0 heterocycles. The number of hydrogen-bond acceptors (Lipinski definition) is 3. The van der Waals surface area contributed by atoms with Crippen LogP contribution in [-0.4, -0.2) is 42.5 Å². The van der Waals surface area contributed by atoms with Crippen molar-refractivity contribution in [1.29, 1.82) is 0 Å². The van der Waals surface area contributed by atoms with Crippen molar-refractivity contribution in [3.8, 4) is 0 Å². The van der Waals surface area contributed by atoms with Gasteiger partial charge in [0.1, 0.15) is 0 Å². The molecule has 0 bridgehead atoms. The van der Waals surface area contributed by atoms with Gasteiger partial charge in [-0.25, -0.2) is 0 Å². The minimum Gasteiger partial charge on any atom is -0.353 e. The molecular weight excluding hydrogens is 190 g/mol. The van der Waals surface area contributed by atoms with Gasteiger partial charge in [-0.2, -0.15) is 0 Å². The van der Waals surface area contributed by atoms with E-state index < -0.39 is 5.54 Å². The van der Waals surface area contributed by atoms with Gasteiger partial charge in [0.15, 0.2) is 0 Å². The van der Waals surface area contributed by atoms with Gasteiger partial charge in [-0.15, -0.1) is 0 Å². The molecule has 0 aromatic carbocycles. The Morgan fingerprint density at radius 3 is 2.47 bits per heavy atom. The van der Waals surface area contributed by atoms with Gasteiger partial charge in [-0.3, -0.25) is 4.79 Å². The highest BCUT2D eigenvalue weighted by Gasteiger charge is 2.21. The Hall–Kier alpha value is -0.610. The summed E-state index contributed by atoms with van der Waals surface area (Å²) in [6.45, 7) is 9.26. The average Bonchev–Trinajstić information content (AvgIpc) is 2.14. The first-order chi connectivity index (χ1) is 6.79. The minimum atomic E-state index is -0.783. The average molecular weight is 215 g/mol. The third-order valence-electron chi connectivity index (χ3n) is 2.68. The molecule has 4 heteroatoms. The quantitative estimate of drug-likeness (QED) is 0.681. The maximum Gasteiger partial charge on any atom is 0.239 e. The minimum absolute atomic E-state index is 0.0972. The Labute approximate surface area is 93.2 Å². The molecule has 0 saturated carbocycles. The molecule has 1 amide bonds. The number of amides is 1. The lowest BCUT2D eigenvalue weighted by molar-refractivity contribution is -0.125. The molecule has 90 valence electrons. The van der Waals surface area contributed by atoms with E-state index in [1.807, 2.05) is 0 Å². The van der Waals surface area contributed by atoms with Crippen LogP contribution in [0.2, 0.25) is 0 Å². The van der Waals surface area contributed by atoms with Crippen LogP contribution in [0.25, 0.3) is 0 Å². The first-order valence-electron chi connectivity index (χ1n) is 5.56. The molecule has 0 spiro atoms. The second-order valence-electron chi connectivity index (χ2n) is 4.72. The van der Waals surface area contributed by atoms with Gasteiger partial charge in [-0.1, -0.05) is 6.92 Å². The molecule has 15 heavy (non-hydrogen) atoms. The molecule has 0 aliphatic carbocycles.